The minimum absolute atomic E-state index is 0.370. The number of hydrogen-bond acceptors (Lipinski definition) is 2. The van der Waals surface area contributed by atoms with E-state index in [0.717, 1.165) is 0 Å². The van der Waals surface area contributed by atoms with Crippen molar-refractivity contribution >= 4 is 11.9 Å². The van der Waals surface area contributed by atoms with Crippen molar-refractivity contribution in [1.82, 2.24) is 5.32 Å². The van der Waals surface area contributed by atoms with E-state index in [9.17, 15) is 9.59 Å². The Hall–Kier alpha value is -1.32. The van der Waals surface area contributed by atoms with Crippen molar-refractivity contribution < 1.29 is 14.7 Å². The number of carboxylic acid groups (broad SMARTS) is 1. The van der Waals surface area contributed by atoms with Crippen molar-refractivity contribution in [3.63, 3.8) is 0 Å². The third kappa shape index (κ3) is 3.60. The lowest BCUT2D eigenvalue weighted by Crippen LogP contribution is -2.51. The van der Waals surface area contributed by atoms with E-state index in [1.165, 1.54) is 13.0 Å². The van der Waals surface area contributed by atoms with Crippen molar-refractivity contribution in [2.24, 2.45) is 0 Å². The molecule has 0 saturated heterocycles. The number of allylic oxidation sites excluding steroid dienone is 1. The normalized spacial score (nSPS) is 15.1. The quantitative estimate of drug-likeness (QED) is 0.656. The Labute approximate surface area is 84.0 Å². The van der Waals surface area contributed by atoms with Crippen LogP contribution < -0.4 is 5.32 Å². The summed E-state index contributed by atoms with van der Waals surface area (Å²) in [5.74, 6) is -1.37. The predicted octanol–water partition coefficient (Wildman–Crippen LogP) is 1.32. The van der Waals surface area contributed by atoms with Gasteiger partial charge in [-0.25, -0.2) is 4.79 Å². The van der Waals surface area contributed by atoms with Crippen molar-refractivity contribution in [1.29, 1.82) is 0 Å². The van der Waals surface area contributed by atoms with Crippen LogP contribution in [-0.2, 0) is 9.59 Å². The van der Waals surface area contributed by atoms with Gasteiger partial charge in [0.25, 0.3) is 0 Å². The molecule has 0 aromatic rings. The number of rotatable bonds is 5. The molecule has 0 aliphatic heterocycles. The van der Waals surface area contributed by atoms with Crippen molar-refractivity contribution in [3.05, 3.63) is 12.2 Å². The second-order valence-electron chi connectivity index (χ2n) is 3.38. The molecule has 0 radical (unpaired) electrons. The van der Waals surface area contributed by atoms with Crippen molar-refractivity contribution in [2.45, 2.75) is 39.2 Å². The molecule has 0 heterocycles. The Morgan fingerprint density at radius 3 is 2.43 bits per heavy atom. The first-order valence-corrected chi connectivity index (χ1v) is 4.64. The van der Waals surface area contributed by atoms with E-state index in [2.05, 4.69) is 5.32 Å². The minimum Gasteiger partial charge on any atom is -0.480 e. The van der Waals surface area contributed by atoms with Gasteiger partial charge >= 0.3 is 5.97 Å². The molecule has 80 valence electrons. The Bertz CT molecular complexity index is 248. The van der Waals surface area contributed by atoms with Crippen LogP contribution in [0.4, 0.5) is 0 Å². The fourth-order valence-corrected chi connectivity index (χ4v) is 1.19. The van der Waals surface area contributed by atoms with Gasteiger partial charge in [-0.2, -0.15) is 0 Å². The first kappa shape index (κ1) is 12.7. The molecule has 1 unspecified atom stereocenters. The molecule has 0 saturated carbocycles. The second kappa shape index (κ2) is 5.42. The third-order valence-corrected chi connectivity index (χ3v) is 1.94. The molecule has 0 aliphatic rings. The number of amides is 1. The maximum absolute atomic E-state index is 11.2. The SMILES string of the molecule is CC=CC(=O)NC(C)(CCC)C(=O)O. The monoisotopic (exact) mass is 199 g/mol. The molecule has 2 N–H and O–H groups in total. The second-order valence-corrected chi connectivity index (χ2v) is 3.38. The van der Waals surface area contributed by atoms with Gasteiger partial charge in [-0.15, -0.1) is 0 Å². The maximum atomic E-state index is 11.2. The minimum atomic E-state index is -1.16. The average Bonchev–Trinajstić information content (AvgIpc) is 2.04. The molecule has 0 aliphatic carbocycles. The van der Waals surface area contributed by atoms with Gasteiger partial charge < -0.3 is 10.4 Å². The van der Waals surface area contributed by atoms with Crippen LogP contribution in [0, 0.1) is 0 Å². The molecular formula is C10H17NO3. The van der Waals surface area contributed by atoms with Crippen LogP contribution in [0.25, 0.3) is 0 Å². The van der Waals surface area contributed by atoms with E-state index in [4.69, 9.17) is 5.11 Å². The number of aliphatic carboxylic acids is 1. The highest BCUT2D eigenvalue weighted by atomic mass is 16.4. The molecule has 0 fully saturated rings. The van der Waals surface area contributed by atoms with E-state index in [1.807, 2.05) is 6.92 Å². The maximum Gasteiger partial charge on any atom is 0.329 e. The Balaban J connectivity index is 4.52. The molecule has 0 bridgehead atoms. The van der Waals surface area contributed by atoms with Gasteiger partial charge in [-0.3, -0.25) is 4.79 Å². The predicted molar refractivity (Wildman–Crippen MR) is 53.9 cm³/mol. The summed E-state index contributed by atoms with van der Waals surface area (Å²) in [5, 5.41) is 11.4. The average molecular weight is 199 g/mol. The molecule has 0 aromatic heterocycles. The van der Waals surface area contributed by atoms with Crippen LogP contribution in [0.15, 0.2) is 12.2 Å². The molecule has 4 nitrogen and oxygen atoms in total. The Morgan fingerprint density at radius 1 is 1.50 bits per heavy atom. The fourth-order valence-electron chi connectivity index (χ4n) is 1.19. The van der Waals surface area contributed by atoms with Crippen LogP contribution >= 0.6 is 0 Å². The molecule has 1 amide bonds. The Kier molecular flexibility index (Phi) is 4.91. The van der Waals surface area contributed by atoms with Crippen molar-refractivity contribution in [3.8, 4) is 0 Å². The zero-order chi connectivity index (χ0) is 11.2. The summed E-state index contributed by atoms with van der Waals surface area (Å²) in [5.41, 5.74) is -1.16. The van der Waals surface area contributed by atoms with Crippen LogP contribution in [-0.4, -0.2) is 22.5 Å². The van der Waals surface area contributed by atoms with Crippen LogP contribution in [0.3, 0.4) is 0 Å². The van der Waals surface area contributed by atoms with Gasteiger partial charge in [-0.1, -0.05) is 19.4 Å². The molecule has 1 atom stereocenters. The third-order valence-electron chi connectivity index (χ3n) is 1.94. The molecule has 0 spiro atoms. The topological polar surface area (TPSA) is 66.4 Å². The summed E-state index contributed by atoms with van der Waals surface area (Å²) in [6.07, 6.45) is 4.02. The lowest BCUT2D eigenvalue weighted by atomic mass is 9.96. The Morgan fingerprint density at radius 2 is 2.07 bits per heavy atom. The standard InChI is InChI=1S/C10H17NO3/c1-4-6-8(12)11-10(3,7-5-2)9(13)14/h4,6H,5,7H2,1-3H3,(H,11,12)(H,13,14). The van der Waals surface area contributed by atoms with Crippen LogP contribution in [0.2, 0.25) is 0 Å². The lowest BCUT2D eigenvalue weighted by molar-refractivity contribution is -0.146. The fraction of sp³-hybridized carbons (Fsp3) is 0.600. The zero-order valence-electron chi connectivity index (χ0n) is 8.83. The summed E-state index contributed by atoms with van der Waals surface area (Å²) in [4.78, 5) is 22.1. The number of nitrogens with one attached hydrogen (secondary N) is 1. The number of carboxylic acids is 1. The largest absolute Gasteiger partial charge is 0.480 e. The smallest absolute Gasteiger partial charge is 0.329 e. The van der Waals surface area contributed by atoms with E-state index in [-0.39, 0.29) is 5.91 Å². The van der Waals surface area contributed by atoms with E-state index in [0.29, 0.717) is 12.8 Å². The van der Waals surface area contributed by atoms with E-state index in [1.54, 1.807) is 13.0 Å². The van der Waals surface area contributed by atoms with Gasteiger partial charge in [0, 0.05) is 0 Å². The first-order chi connectivity index (χ1) is 6.46. The number of carbonyl (C=O) groups excluding carboxylic acids is 1. The molecule has 0 rings (SSSR count). The highest BCUT2D eigenvalue weighted by Gasteiger charge is 2.32. The summed E-state index contributed by atoms with van der Waals surface area (Å²) < 4.78 is 0. The molecule has 14 heavy (non-hydrogen) atoms. The van der Waals surface area contributed by atoms with Gasteiger partial charge in [0.15, 0.2) is 0 Å². The summed E-state index contributed by atoms with van der Waals surface area (Å²) in [6, 6.07) is 0. The number of carbonyl (C=O) groups is 2. The highest BCUT2D eigenvalue weighted by Crippen LogP contribution is 2.12. The lowest BCUT2D eigenvalue weighted by Gasteiger charge is -2.24. The van der Waals surface area contributed by atoms with Gasteiger partial charge in [0.2, 0.25) is 5.91 Å². The summed E-state index contributed by atoms with van der Waals surface area (Å²) >= 11 is 0. The van der Waals surface area contributed by atoms with Gasteiger partial charge in [0.05, 0.1) is 0 Å². The van der Waals surface area contributed by atoms with E-state index >= 15 is 0 Å². The van der Waals surface area contributed by atoms with Gasteiger partial charge in [-0.05, 0) is 26.3 Å². The van der Waals surface area contributed by atoms with E-state index < -0.39 is 11.5 Å². The van der Waals surface area contributed by atoms with Gasteiger partial charge in [0.1, 0.15) is 5.54 Å². The number of hydrogen-bond donors (Lipinski definition) is 2. The molecule has 0 aromatic carbocycles. The molecular weight excluding hydrogens is 182 g/mol. The van der Waals surface area contributed by atoms with Crippen LogP contribution in [0.1, 0.15) is 33.6 Å². The summed E-state index contributed by atoms with van der Waals surface area (Å²) in [6.45, 7) is 5.10. The molecule has 4 heteroatoms. The zero-order valence-corrected chi connectivity index (χ0v) is 8.83. The highest BCUT2D eigenvalue weighted by molar-refractivity contribution is 5.92. The summed E-state index contributed by atoms with van der Waals surface area (Å²) in [7, 11) is 0. The van der Waals surface area contributed by atoms with Crippen molar-refractivity contribution in [2.75, 3.05) is 0 Å². The van der Waals surface area contributed by atoms with Crippen LogP contribution in [0.5, 0.6) is 0 Å². The first-order valence-electron chi connectivity index (χ1n) is 4.64.